The topological polar surface area (TPSA) is 93.7 Å². The Bertz CT molecular complexity index is 1910. The van der Waals surface area contributed by atoms with Gasteiger partial charge < -0.3 is 15.0 Å². The second kappa shape index (κ2) is 11.5. The molecular weight excluding hydrogens is 655 g/mol. The number of para-hydroxylation sites is 1. The average Bonchev–Trinajstić information content (AvgIpc) is 3.66. The fourth-order valence-electron chi connectivity index (χ4n) is 6.66. The van der Waals surface area contributed by atoms with E-state index in [4.69, 9.17) is 0 Å². The number of carbonyl (C=O) groups excluding carboxylic acids is 1. The lowest BCUT2D eigenvalue weighted by molar-refractivity contribution is -0.376. The number of sulfonamides is 1. The minimum Gasteiger partial charge on any atom is -0.369 e. The molecule has 0 bridgehead atoms. The van der Waals surface area contributed by atoms with Gasteiger partial charge in [0, 0.05) is 35.6 Å². The van der Waals surface area contributed by atoms with E-state index in [-0.39, 0.29) is 42.5 Å². The number of aryl methyl sites for hydroxylation is 1. The monoisotopic (exact) mass is 683 g/mol. The van der Waals surface area contributed by atoms with E-state index in [1.807, 2.05) is 30.5 Å². The fourth-order valence-corrected chi connectivity index (χ4v) is 8.37. The summed E-state index contributed by atoms with van der Waals surface area (Å²) in [5, 5.41) is 10.9. The second-order valence-corrected chi connectivity index (χ2v) is 13.6. The lowest BCUT2D eigenvalue weighted by atomic mass is 9.87. The third-order valence-corrected chi connectivity index (χ3v) is 10.8. The van der Waals surface area contributed by atoms with Crippen molar-refractivity contribution < 1.29 is 49.1 Å². The smallest absolute Gasteiger partial charge is 0.369 e. The number of carbonyl (C=O) groups is 1. The molecule has 250 valence electrons. The zero-order chi connectivity index (χ0) is 33.9. The van der Waals surface area contributed by atoms with E-state index in [0.29, 0.717) is 31.5 Å². The molecule has 1 aromatic heterocycles. The van der Waals surface area contributed by atoms with E-state index in [9.17, 15) is 49.1 Å². The molecule has 3 aromatic carbocycles. The van der Waals surface area contributed by atoms with Crippen molar-refractivity contribution in [3.05, 3.63) is 95.4 Å². The third-order valence-electron chi connectivity index (χ3n) is 8.97. The average molecular weight is 684 g/mol. The number of likely N-dealkylation sites (tertiary alicyclic amines) is 1. The molecule has 2 aliphatic heterocycles. The first-order valence-electron chi connectivity index (χ1n) is 14.7. The van der Waals surface area contributed by atoms with Crippen molar-refractivity contribution in [2.24, 2.45) is 0 Å². The predicted octanol–water partition coefficient (Wildman–Crippen LogP) is 6.88. The number of nitrogens with one attached hydrogen (secondary N) is 1. The first-order valence-corrected chi connectivity index (χ1v) is 16.1. The van der Waals surface area contributed by atoms with E-state index in [2.05, 4.69) is 4.98 Å². The first kappa shape index (κ1) is 32.8. The third kappa shape index (κ3) is 5.52. The minimum atomic E-state index is -6.14. The number of aromatic nitrogens is 1. The highest BCUT2D eigenvalue weighted by molar-refractivity contribution is 7.92. The number of fused-ring (bicyclic) bond motifs is 2. The predicted molar refractivity (Wildman–Crippen MR) is 157 cm³/mol. The molecule has 1 fully saturated rings. The molecule has 47 heavy (non-hydrogen) atoms. The summed E-state index contributed by atoms with van der Waals surface area (Å²) in [6.07, 6.45) is -9.77. The molecule has 4 aromatic rings. The number of aromatic amines is 1. The van der Waals surface area contributed by atoms with Gasteiger partial charge in [0.15, 0.2) is 0 Å². The van der Waals surface area contributed by atoms with Crippen LogP contribution in [0.5, 0.6) is 0 Å². The van der Waals surface area contributed by atoms with Gasteiger partial charge in [-0.05, 0) is 73.2 Å². The van der Waals surface area contributed by atoms with Crippen LogP contribution in [0.15, 0.2) is 77.8 Å². The summed E-state index contributed by atoms with van der Waals surface area (Å²) in [5.41, 5.74) is -5.42. The number of hydrogen-bond donors (Lipinski definition) is 2. The molecule has 0 spiro atoms. The van der Waals surface area contributed by atoms with Crippen LogP contribution in [0.3, 0.4) is 0 Å². The van der Waals surface area contributed by atoms with E-state index in [1.165, 1.54) is 0 Å². The van der Waals surface area contributed by atoms with Crippen molar-refractivity contribution in [3.8, 4) is 0 Å². The van der Waals surface area contributed by atoms with Crippen LogP contribution in [0.2, 0.25) is 0 Å². The van der Waals surface area contributed by atoms with Gasteiger partial charge in [0.05, 0.1) is 22.7 Å². The molecule has 2 N–H and O–H groups in total. The van der Waals surface area contributed by atoms with Gasteiger partial charge in [-0.25, -0.2) is 12.8 Å². The number of benzene rings is 3. The van der Waals surface area contributed by atoms with E-state index in [0.717, 1.165) is 51.1 Å². The summed E-state index contributed by atoms with van der Waals surface area (Å²) in [6.45, 7) is 0.397. The molecule has 3 heterocycles. The van der Waals surface area contributed by atoms with Crippen LogP contribution in [-0.4, -0.2) is 54.3 Å². The Hall–Kier alpha value is -4.11. The van der Waals surface area contributed by atoms with Crippen molar-refractivity contribution in [2.75, 3.05) is 10.8 Å². The number of rotatable bonds is 6. The lowest BCUT2D eigenvalue weighted by Gasteiger charge is -2.40. The standard InChI is InChI=1S/C32H28F7N3O4S/c33-21-9-12-23(13-10-21)47(45,46)42-22(11-7-19-16-20(8-14-27(19)42)30(44,31(34,35)36)32(37,38)39)17-29(43)41-15-3-6-28(41)25-18-40-26-5-2-1-4-24(25)26/h1-2,4-5,8-10,12-14,16,18,22,28,40,44H,3,6-7,11,15,17H2/t22-,28?/m0/s1. The zero-order valence-corrected chi connectivity index (χ0v) is 25.3. The number of aliphatic hydroxyl groups is 1. The zero-order valence-electron chi connectivity index (χ0n) is 24.4. The van der Waals surface area contributed by atoms with Crippen LogP contribution in [0.25, 0.3) is 10.9 Å². The molecule has 6 rings (SSSR count). The van der Waals surface area contributed by atoms with Crippen molar-refractivity contribution in [3.63, 3.8) is 0 Å². The Morgan fingerprint density at radius 2 is 1.62 bits per heavy atom. The molecule has 0 aliphatic carbocycles. The quantitative estimate of drug-likeness (QED) is 0.217. The number of H-pyrrole nitrogens is 1. The van der Waals surface area contributed by atoms with Gasteiger partial charge in [0.1, 0.15) is 5.82 Å². The Kier molecular flexibility index (Phi) is 8.06. The van der Waals surface area contributed by atoms with Crippen molar-refractivity contribution >= 4 is 32.5 Å². The minimum absolute atomic E-state index is 0.134. The van der Waals surface area contributed by atoms with Gasteiger partial charge in [-0.3, -0.25) is 9.10 Å². The van der Waals surface area contributed by atoms with Crippen molar-refractivity contribution in [1.82, 2.24) is 9.88 Å². The number of nitrogens with zero attached hydrogens (tertiary/aromatic N) is 2. The molecular formula is C32H28F7N3O4S. The Morgan fingerprint density at radius 3 is 2.30 bits per heavy atom. The number of hydrogen-bond acceptors (Lipinski definition) is 4. The molecule has 1 saturated heterocycles. The van der Waals surface area contributed by atoms with Crippen LogP contribution in [0, 0.1) is 5.82 Å². The highest BCUT2D eigenvalue weighted by Gasteiger charge is 2.71. The fraction of sp³-hybridized carbons (Fsp3) is 0.344. The van der Waals surface area contributed by atoms with Crippen molar-refractivity contribution in [1.29, 1.82) is 0 Å². The molecule has 7 nitrogen and oxygen atoms in total. The van der Waals surface area contributed by atoms with Gasteiger partial charge in [-0.15, -0.1) is 0 Å². The SMILES string of the molecule is O=C(C[C@@H]1CCc2cc(C(O)(C(F)(F)F)C(F)(F)F)ccc2N1S(=O)(=O)c1ccc(F)cc1)N1CCCC1c1c[nH]c2ccccc12. The van der Waals surface area contributed by atoms with E-state index < -0.39 is 50.3 Å². The first-order chi connectivity index (χ1) is 22.0. The van der Waals surface area contributed by atoms with Crippen LogP contribution in [0.4, 0.5) is 36.4 Å². The molecule has 0 saturated carbocycles. The normalized spacial score (nSPS) is 19.3. The lowest BCUT2D eigenvalue weighted by Crippen LogP contribution is -2.54. The number of anilines is 1. The largest absolute Gasteiger partial charge is 0.430 e. The summed E-state index contributed by atoms with van der Waals surface area (Å²) < 4.78 is 125. The maximum absolute atomic E-state index is 14.0. The number of halogens is 7. The molecule has 2 aliphatic rings. The Balaban J connectivity index is 1.38. The Labute approximate surface area is 264 Å². The second-order valence-electron chi connectivity index (χ2n) is 11.7. The summed E-state index contributed by atoms with van der Waals surface area (Å²) in [6, 6.07) is 11.6. The van der Waals surface area contributed by atoms with Gasteiger partial charge in [-0.2, -0.15) is 26.3 Å². The summed E-state index contributed by atoms with van der Waals surface area (Å²) in [5.74, 6) is -1.12. The van der Waals surface area contributed by atoms with Crippen molar-refractivity contribution in [2.45, 2.75) is 67.0 Å². The van der Waals surface area contributed by atoms with Crippen LogP contribution < -0.4 is 4.31 Å². The summed E-state index contributed by atoms with van der Waals surface area (Å²) in [7, 11) is -4.62. The maximum atomic E-state index is 14.0. The van der Waals surface area contributed by atoms with Gasteiger partial charge in [0.2, 0.25) is 5.91 Å². The molecule has 2 atom stereocenters. The van der Waals surface area contributed by atoms with E-state index in [1.54, 1.807) is 4.90 Å². The Morgan fingerprint density at radius 1 is 0.936 bits per heavy atom. The van der Waals surface area contributed by atoms with Gasteiger partial charge in [0.25, 0.3) is 15.6 Å². The molecule has 15 heteroatoms. The summed E-state index contributed by atoms with van der Waals surface area (Å²) in [4.78, 5) is 18.3. The number of alkyl halides is 6. The molecule has 0 radical (unpaired) electrons. The number of amides is 1. The van der Waals surface area contributed by atoms with Crippen LogP contribution in [0.1, 0.15) is 48.4 Å². The molecule has 1 amide bonds. The van der Waals surface area contributed by atoms with Crippen LogP contribution in [-0.2, 0) is 26.8 Å². The maximum Gasteiger partial charge on any atom is 0.430 e. The highest BCUT2D eigenvalue weighted by atomic mass is 32.2. The van der Waals surface area contributed by atoms with Crippen LogP contribution >= 0.6 is 0 Å². The highest BCUT2D eigenvalue weighted by Crippen LogP contribution is 2.51. The van der Waals surface area contributed by atoms with Gasteiger partial charge >= 0.3 is 12.4 Å². The summed E-state index contributed by atoms with van der Waals surface area (Å²) >= 11 is 0. The molecule has 1 unspecified atom stereocenters. The van der Waals surface area contributed by atoms with Gasteiger partial charge in [-0.1, -0.05) is 30.3 Å². The van der Waals surface area contributed by atoms with E-state index >= 15 is 0 Å².